The summed E-state index contributed by atoms with van der Waals surface area (Å²) in [6, 6.07) is 14.8. The highest BCUT2D eigenvalue weighted by molar-refractivity contribution is 7.16. The molecule has 33 heavy (non-hydrogen) atoms. The molecule has 8 heteroatoms. The van der Waals surface area contributed by atoms with Crippen molar-refractivity contribution >= 4 is 28.8 Å². The lowest BCUT2D eigenvalue weighted by Gasteiger charge is -2.17. The number of aryl methyl sites for hydroxylation is 2. The minimum absolute atomic E-state index is 0.0866. The molecule has 0 aliphatic rings. The number of nitrogens with zero attached hydrogens (tertiary/aromatic N) is 4. The van der Waals surface area contributed by atoms with Gasteiger partial charge in [-0.25, -0.2) is 4.68 Å². The average molecular weight is 481 g/mol. The average Bonchev–Trinajstić information content (AvgIpc) is 3.39. The molecule has 0 fully saturated rings. The van der Waals surface area contributed by atoms with Gasteiger partial charge in [0.25, 0.3) is 11.5 Å². The van der Waals surface area contributed by atoms with Crippen LogP contribution in [0.5, 0.6) is 0 Å². The van der Waals surface area contributed by atoms with Gasteiger partial charge in [-0.05, 0) is 49.2 Å². The Morgan fingerprint density at radius 3 is 2.55 bits per heavy atom. The van der Waals surface area contributed by atoms with E-state index < -0.39 is 5.41 Å². The van der Waals surface area contributed by atoms with E-state index in [1.807, 2.05) is 63.2 Å². The van der Waals surface area contributed by atoms with Crippen LogP contribution in [-0.4, -0.2) is 25.2 Å². The number of hydrogen-bond acceptors (Lipinski definition) is 5. The summed E-state index contributed by atoms with van der Waals surface area (Å²) < 4.78 is 3.84. The lowest BCUT2D eigenvalue weighted by atomic mass is 9.95. The van der Waals surface area contributed by atoms with Crippen molar-refractivity contribution in [1.29, 1.82) is 0 Å². The summed E-state index contributed by atoms with van der Waals surface area (Å²) in [5.74, 6) is -0.0866. The van der Waals surface area contributed by atoms with Gasteiger partial charge in [-0.1, -0.05) is 38.4 Å². The molecule has 170 valence electrons. The minimum atomic E-state index is -0.587. The topological polar surface area (TPSA) is 69.8 Å². The summed E-state index contributed by atoms with van der Waals surface area (Å²) in [7, 11) is 0. The van der Waals surface area contributed by atoms with E-state index in [1.54, 1.807) is 23.0 Å². The molecular weight excluding hydrogens is 456 g/mol. The standard InChI is InChI=1S/C25H25ClN4O2S/c1-25(2,3)24(32)30-19(7-8-20-9-10-22(26)33-20)15-21(28-30)17-11-13-29(23(31)14-17)16-18-6-4-5-12-27-18/h4-6,9-15H,7-8,16H2,1-3H3. The monoisotopic (exact) mass is 480 g/mol. The van der Waals surface area contributed by atoms with Crippen molar-refractivity contribution in [1.82, 2.24) is 19.3 Å². The fourth-order valence-corrected chi connectivity index (χ4v) is 4.52. The Bertz CT molecular complexity index is 1330. The van der Waals surface area contributed by atoms with Gasteiger partial charge in [0.15, 0.2) is 0 Å². The zero-order valence-corrected chi connectivity index (χ0v) is 20.4. The van der Waals surface area contributed by atoms with Crippen LogP contribution < -0.4 is 5.56 Å². The van der Waals surface area contributed by atoms with Crippen LogP contribution in [-0.2, 0) is 19.4 Å². The van der Waals surface area contributed by atoms with Crippen molar-refractivity contribution in [2.75, 3.05) is 0 Å². The van der Waals surface area contributed by atoms with Gasteiger partial charge in [-0.3, -0.25) is 14.6 Å². The Morgan fingerprint density at radius 1 is 1.09 bits per heavy atom. The minimum Gasteiger partial charge on any atom is -0.309 e. The first-order valence-corrected chi connectivity index (χ1v) is 11.9. The first-order valence-electron chi connectivity index (χ1n) is 10.7. The van der Waals surface area contributed by atoms with Gasteiger partial charge in [0, 0.05) is 40.0 Å². The molecule has 0 N–H and O–H groups in total. The number of hydrogen-bond donors (Lipinski definition) is 0. The molecule has 0 aromatic carbocycles. The van der Waals surface area contributed by atoms with E-state index >= 15 is 0 Å². The molecule has 4 aromatic heterocycles. The number of carbonyl (C=O) groups is 1. The number of pyridine rings is 2. The molecule has 0 amide bonds. The van der Waals surface area contributed by atoms with Crippen molar-refractivity contribution in [2.45, 2.75) is 40.2 Å². The number of halogens is 1. The van der Waals surface area contributed by atoms with Crippen LogP contribution in [0.25, 0.3) is 11.3 Å². The predicted octanol–water partition coefficient (Wildman–Crippen LogP) is 5.34. The molecule has 4 rings (SSSR count). The molecule has 0 atom stereocenters. The number of aromatic nitrogens is 4. The second-order valence-electron chi connectivity index (χ2n) is 8.90. The van der Waals surface area contributed by atoms with E-state index in [0.29, 0.717) is 24.2 Å². The smallest absolute Gasteiger partial charge is 0.252 e. The van der Waals surface area contributed by atoms with Crippen LogP contribution in [0.3, 0.4) is 0 Å². The zero-order valence-electron chi connectivity index (χ0n) is 18.8. The Kier molecular flexibility index (Phi) is 6.63. The number of carbonyl (C=O) groups excluding carboxylic acids is 1. The molecule has 4 aromatic rings. The largest absolute Gasteiger partial charge is 0.309 e. The fraction of sp³-hybridized carbons (Fsp3) is 0.280. The number of thiophene rings is 1. The van der Waals surface area contributed by atoms with Crippen LogP contribution in [0.4, 0.5) is 0 Å². The third-order valence-electron chi connectivity index (χ3n) is 5.22. The van der Waals surface area contributed by atoms with Gasteiger partial charge in [-0.2, -0.15) is 5.10 Å². The van der Waals surface area contributed by atoms with E-state index in [-0.39, 0.29) is 11.5 Å². The van der Waals surface area contributed by atoms with E-state index in [9.17, 15) is 9.59 Å². The molecule has 4 heterocycles. The van der Waals surface area contributed by atoms with Gasteiger partial charge in [0.05, 0.1) is 22.3 Å². The normalized spacial score (nSPS) is 11.6. The third kappa shape index (κ3) is 5.49. The Labute approximate surface area is 201 Å². The molecule has 0 aliphatic carbocycles. The SMILES string of the molecule is CC(C)(C)C(=O)n1nc(-c2ccn(Cc3ccccn3)c(=O)c2)cc1CCc1ccc(Cl)s1. The van der Waals surface area contributed by atoms with E-state index in [0.717, 1.165) is 27.0 Å². The Morgan fingerprint density at radius 2 is 1.91 bits per heavy atom. The van der Waals surface area contributed by atoms with Crippen LogP contribution in [0.2, 0.25) is 4.34 Å². The summed E-state index contributed by atoms with van der Waals surface area (Å²) in [5.41, 5.74) is 2.17. The van der Waals surface area contributed by atoms with Crippen LogP contribution in [0.1, 0.15) is 41.8 Å². The molecule has 0 bridgehead atoms. The predicted molar refractivity (Wildman–Crippen MR) is 132 cm³/mol. The molecule has 0 saturated carbocycles. The molecule has 6 nitrogen and oxygen atoms in total. The Balaban J connectivity index is 1.64. The second kappa shape index (κ2) is 9.45. The first-order chi connectivity index (χ1) is 15.7. The van der Waals surface area contributed by atoms with Crippen molar-refractivity contribution in [3.05, 3.63) is 91.9 Å². The van der Waals surface area contributed by atoms with Crippen LogP contribution in [0, 0.1) is 5.41 Å². The highest BCUT2D eigenvalue weighted by Crippen LogP contribution is 2.26. The highest BCUT2D eigenvalue weighted by atomic mass is 35.5. The Hall–Kier alpha value is -3.03. The van der Waals surface area contributed by atoms with Gasteiger partial charge in [0.1, 0.15) is 0 Å². The molecule has 0 radical (unpaired) electrons. The van der Waals surface area contributed by atoms with Gasteiger partial charge in [0.2, 0.25) is 0 Å². The maximum atomic E-state index is 13.1. The maximum Gasteiger partial charge on any atom is 0.252 e. The first kappa shape index (κ1) is 23.1. The molecule has 0 spiro atoms. The van der Waals surface area contributed by atoms with Crippen LogP contribution >= 0.6 is 22.9 Å². The maximum absolute atomic E-state index is 13.1. The summed E-state index contributed by atoms with van der Waals surface area (Å²) in [4.78, 5) is 31.2. The highest BCUT2D eigenvalue weighted by Gasteiger charge is 2.27. The van der Waals surface area contributed by atoms with E-state index in [1.165, 1.54) is 16.0 Å². The fourth-order valence-electron chi connectivity index (χ4n) is 3.43. The van der Waals surface area contributed by atoms with Crippen LogP contribution in [0.15, 0.2) is 65.7 Å². The molecule has 0 saturated heterocycles. The van der Waals surface area contributed by atoms with E-state index in [4.69, 9.17) is 11.6 Å². The van der Waals surface area contributed by atoms with Crippen molar-refractivity contribution < 1.29 is 4.79 Å². The molecule has 0 unspecified atom stereocenters. The third-order valence-corrected chi connectivity index (χ3v) is 6.51. The van der Waals surface area contributed by atoms with Crippen molar-refractivity contribution in [3.63, 3.8) is 0 Å². The lowest BCUT2D eigenvalue weighted by molar-refractivity contribution is 0.0745. The summed E-state index contributed by atoms with van der Waals surface area (Å²) in [5, 5.41) is 4.60. The van der Waals surface area contributed by atoms with Gasteiger partial charge >= 0.3 is 0 Å². The van der Waals surface area contributed by atoms with Crippen molar-refractivity contribution in [2.24, 2.45) is 5.41 Å². The number of rotatable bonds is 6. The quantitative estimate of drug-likeness (QED) is 0.373. The summed E-state index contributed by atoms with van der Waals surface area (Å²) in [6.07, 6.45) is 4.84. The molecule has 0 aliphatic heterocycles. The van der Waals surface area contributed by atoms with Gasteiger partial charge in [-0.15, -0.1) is 11.3 Å². The summed E-state index contributed by atoms with van der Waals surface area (Å²) in [6.45, 7) is 6.01. The van der Waals surface area contributed by atoms with Gasteiger partial charge < -0.3 is 4.57 Å². The second-order valence-corrected chi connectivity index (χ2v) is 10.7. The molecular formula is C25H25ClN4O2S. The zero-order chi connectivity index (χ0) is 23.6. The van der Waals surface area contributed by atoms with Crippen molar-refractivity contribution in [3.8, 4) is 11.3 Å². The lowest BCUT2D eigenvalue weighted by Crippen LogP contribution is -2.29. The van der Waals surface area contributed by atoms with E-state index in [2.05, 4.69) is 10.1 Å². The summed E-state index contributed by atoms with van der Waals surface area (Å²) >= 11 is 7.59.